The van der Waals surface area contributed by atoms with Crippen molar-refractivity contribution in [2.24, 2.45) is 0 Å². The Hall–Kier alpha value is -1.94. The second-order valence-corrected chi connectivity index (χ2v) is 3.83. The number of aliphatic hydroxyl groups is 1. The van der Waals surface area contributed by atoms with E-state index in [2.05, 4.69) is 0 Å². The Morgan fingerprint density at radius 1 is 0.944 bits per heavy atom. The number of ether oxygens (including phenoxy) is 1. The van der Waals surface area contributed by atoms with Gasteiger partial charge in [0.1, 0.15) is 24.0 Å². The summed E-state index contributed by atoms with van der Waals surface area (Å²) in [6.07, 6.45) is 0. The highest BCUT2D eigenvalue weighted by Crippen LogP contribution is 2.21. The van der Waals surface area contributed by atoms with Crippen LogP contribution in [0.5, 0.6) is 5.75 Å². The lowest BCUT2D eigenvalue weighted by Crippen LogP contribution is -1.99. The highest BCUT2D eigenvalue weighted by atomic mass is 19.1. The Labute approximate surface area is 103 Å². The molecule has 0 aliphatic rings. The van der Waals surface area contributed by atoms with Crippen molar-refractivity contribution in [2.45, 2.75) is 13.2 Å². The Morgan fingerprint density at radius 3 is 2.28 bits per heavy atom. The normalized spacial score (nSPS) is 10.4. The van der Waals surface area contributed by atoms with Gasteiger partial charge in [0.2, 0.25) is 0 Å². The molecule has 94 valence electrons. The quantitative estimate of drug-likeness (QED) is 0.903. The first kappa shape index (κ1) is 12.5. The maximum Gasteiger partial charge on any atom is 0.125 e. The minimum atomic E-state index is -0.423. The molecule has 0 saturated carbocycles. The van der Waals surface area contributed by atoms with Crippen molar-refractivity contribution in [3.8, 4) is 5.75 Å². The molecule has 0 amide bonds. The molecule has 2 aromatic carbocycles. The molecule has 0 aromatic heterocycles. The average Bonchev–Trinajstić information content (AvgIpc) is 2.39. The third-order valence-corrected chi connectivity index (χ3v) is 2.50. The summed E-state index contributed by atoms with van der Waals surface area (Å²) in [6.45, 7) is -0.0601. The topological polar surface area (TPSA) is 29.5 Å². The fourth-order valence-corrected chi connectivity index (χ4v) is 1.55. The van der Waals surface area contributed by atoms with Gasteiger partial charge in [-0.25, -0.2) is 8.78 Å². The van der Waals surface area contributed by atoms with Crippen LogP contribution in [0.3, 0.4) is 0 Å². The molecule has 2 aromatic rings. The second kappa shape index (κ2) is 5.60. The van der Waals surface area contributed by atoms with Crippen LogP contribution in [0.25, 0.3) is 0 Å². The smallest absolute Gasteiger partial charge is 0.125 e. The molecule has 0 spiro atoms. The standard InChI is InChI=1S/C14H12F2O2/c15-12-3-1-10(2-4-12)9-18-14-6-5-13(16)7-11(14)8-17/h1-7,17H,8-9H2. The molecule has 0 saturated heterocycles. The summed E-state index contributed by atoms with van der Waals surface area (Å²) < 4.78 is 31.1. The number of benzene rings is 2. The largest absolute Gasteiger partial charge is 0.489 e. The van der Waals surface area contributed by atoms with Crippen molar-refractivity contribution in [2.75, 3.05) is 0 Å². The highest BCUT2D eigenvalue weighted by molar-refractivity contribution is 5.33. The molecule has 2 rings (SSSR count). The van der Waals surface area contributed by atoms with Gasteiger partial charge in [-0.1, -0.05) is 12.1 Å². The molecular formula is C14H12F2O2. The lowest BCUT2D eigenvalue weighted by Gasteiger charge is -2.10. The van der Waals surface area contributed by atoms with E-state index >= 15 is 0 Å². The zero-order valence-electron chi connectivity index (χ0n) is 9.57. The van der Waals surface area contributed by atoms with E-state index in [9.17, 15) is 8.78 Å². The summed E-state index contributed by atoms with van der Waals surface area (Å²) in [5, 5.41) is 9.08. The van der Waals surface area contributed by atoms with Gasteiger partial charge in [-0.05, 0) is 35.9 Å². The molecule has 0 radical (unpaired) electrons. The van der Waals surface area contributed by atoms with Crippen molar-refractivity contribution >= 4 is 0 Å². The number of aliphatic hydroxyl groups excluding tert-OH is 1. The van der Waals surface area contributed by atoms with Crippen LogP contribution in [-0.4, -0.2) is 5.11 Å². The van der Waals surface area contributed by atoms with Crippen LogP contribution in [-0.2, 0) is 13.2 Å². The van der Waals surface area contributed by atoms with E-state index in [1.54, 1.807) is 12.1 Å². The lowest BCUT2D eigenvalue weighted by molar-refractivity contribution is 0.258. The predicted molar refractivity (Wildman–Crippen MR) is 63.1 cm³/mol. The van der Waals surface area contributed by atoms with Crippen LogP contribution in [0, 0.1) is 11.6 Å². The third kappa shape index (κ3) is 3.05. The minimum Gasteiger partial charge on any atom is -0.489 e. The Bertz CT molecular complexity index is 524. The average molecular weight is 250 g/mol. The van der Waals surface area contributed by atoms with E-state index in [1.165, 1.54) is 30.3 Å². The van der Waals surface area contributed by atoms with Crippen molar-refractivity contribution in [1.29, 1.82) is 0 Å². The van der Waals surface area contributed by atoms with Gasteiger partial charge in [-0.15, -0.1) is 0 Å². The highest BCUT2D eigenvalue weighted by Gasteiger charge is 2.05. The number of hydrogen-bond acceptors (Lipinski definition) is 2. The third-order valence-electron chi connectivity index (χ3n) is 2.50. The summed E-state index contributed by atoms with van der Waals surface area (Å²) >= 11 is 0. The second-order valence-electron chi connectivity index (χ2n) is 3.83. The van der Waals surface area contributed by atoms with Crippen LogP contribution in [0.4, 0.5) is 8.78 Å². The molecule has 4 heteroatoms. The molecule has 0 unspecified atom stereocenters. The monoisotopic (exact) mass is 250 g/mol. The summed E-state index contributed by atoms with van der Waals surface area (Å²) in [4.78, 5) is 0. The molecule has 1 N–H and O–H groups in total. The molecule has 0 heterocycles. The van der Waals surface area contributed by atoms with Crippen molar-refractivity contribution in [1.82, 2.24) is 0 Å². The van der Waals surface area contributed by atoms with Gasteiger partial charge < -0.3 is 9.84 Å². The van der Waals surface area contributed by atoms with Gasteiger partial charge in [0.25, 0.3) is 0 Å². The van der Waals surface area contributed by atoms with Gasteiger partial charge in [-0.3, -0.25) is 0 Å². The summed E-state index contributed by atoms with van der Waals surface area (Å²) in [7, 11) is 0. The first-order chi connectivity index (χ1) is 8.69. The SMILES string of the molecule is OCc1cc(F)ccc1OCc1ccc(F)cc1. The van der Waals surface area contributed by atoms with Gasteiger partial charge in [0, 0.05) is 5.56 Å². The van der Waals surface area contributed by atoms with Crippen LogP contribution >= 0.6 is 0 Å². The predicted octanol–water partition coefficient (Wildman–Crippen LogP) is 3.04. The fourth-order valence-electron chi connectivity index (χ4n) is 1.55. The van der Waals surface area contributed by atoms with E-state index in [0.717, 1.165) is 5.56 Å². The first-order valence-electron chi connectivity index (χ1n) is 5.45. The molecule has 0 bridgehead atoms. The van der Waals surface area contributed by atoms with Crippen molar-refractivity contribution in [3.63, 3.8) is 0 Å². The Kier molecular flexibility index (Phi) is 3.89. The molecule has 18 heavy (non-hydrogen) atoms. The summed E-state index contributed by atoms with van der Waals surface area (Å²) in [5.41, 5.74) is 1.18. The number of hydrogen-bond donors (Lipinski definition) is 1. The molecule has 0 aliphatic carbocycles. The van der Waals surface area contributed by atoms with E-state index in [0.29, 0.717) is 11.3 Å². The summed E-state index contributed by atoms with van der Waals surface area (Å²) in [6, 6.07) is 9.85. The maximum atomic E-state index is 12.9. The Morgan fingerprint density at radius 2 is 1.61 bits per heavy atom. The fraction of sp³-hybridized carbons (Fsp3) is 0.143. The minimum absolute atomic E-state index is 0.235. The van der Waals surface area contributed by atoms with E-state index in [-0.39, 0.29) is 19.0 Å². The molecule has 0 atom stereocenters. The van der Waals surface area contributed by atoms with E-state index in [1.807, 2.05) is 0 Å². The van der Waals surface area contributed by atoms with Gasteiger partial charge in [0.05, 0.1) is 6.61 Å². The first-order valence-corrected chi connectivity index (χ1v) is 5.45. The molecular weight excluding hydrogens is 238 g/mol. The van der Waals surface area contributed by atoms with Crippen molar-refractivity contribution < 1.29 is 18.6 Å². The van der Waals surface area contributed by atoms with E-state index in [4.69, 9.17) is 9.84 Å². The molecule has 2 nitrogen and oxygen atoms in total. The van der Waals surface area contributed by atoms with E-state index < -0.39 is 5.82 Å². The molecule has 0 fully saturated rings. The maximum absolute atomic E-state index is 12.9. The van der Waals surface area contributed by atoms with Gasteiger partial charge in [-0.2, -0.15) is 0 Å². The van der Waals surface area contributed by atoms with Crippen LogP contribution in [0.15, 0.2) is 42.5 Å². The van der Waals surface area contributed by atoms with Gasteiger partial charge in [0.15, 0.2) is 0 Å². The molecule has 0 aliphatic heterocycles. The van der Waals surface area contributed by atoms with Crippen LogP contribution in [0.1, 0.15) is 11.1 Å². The zero-order valence-corrected chi connectivity index (χ0v) is 9.57. The summed E-state index contributed by atoms with van der Waals surface area (Å²) in [5.74, 6) is -0.312. The zero-order chi connectivity index (χ0) is 13.0. The lowest BCUT2D eigenvalue weighted by atomic mass is 10.2. The Balaban J connectivity index is 2.08. The van der Waals surface area contributed by atoms with Crippen molar-refractivity contribution in [3.05, 3.63) is 65.2 Å². The number of halogens is 2. The van der Waals surface area contributed by atoms with Crippen LogP contribution in [0.2, 0.25) is 0 Å². The van der Waals surface area contributed by atoms with Crippen LogP contribution < -0.4 is 4.74 Å². The van der Waals surface area contributed by atoms with Gasteiger partial charge >= 0.3 is 0 Å². The number of rotatable bonds is 4.